The lowest BCUT2D eigenvalue weighted by Crippen LogP contribution is -2.45. The first-order valence-corrected chi connectivity index (χ1v) is 6.80. The van der Waals surface area contributed by atoms with Crippen molar-refractivity contribution < 1.29 is 15.0 Å². The van der Waals surface area contributed by atoms with E-state index in [4.69, 9.17) is 0 Å². The zero-order valence-corrected chi connectivity index (χ0v) is 11.2. The van der Waals surface area contributed by atoms with Crippen molar-refractivity contribution in [2.45, 2.75) is 32.3 Å². The zero-order valence-electron chi connectivity index (χ0n) is 11.2. The maximum Gasteiger partial charge on any atom is 0.222 e. The molecule has 0 bridgehead atoms. The number of piperidine rings is 1. The van der Waals surface area contributed by atoms with Gasteiger partial charge in [-0.2, -0.15) is 0 Å². The first-order valence-electron chi connectivity index (χ1n) is 6.80. The Bertz CT molecular complexity index is 447. The maximum absolute atomic E-state index is 12.1. The number of nitrogens with zero attached hydrogens (tertiary/aromatic N) is 1. The van der Waals surface area contributed by atoms with Gasteiger partial charge in [-0.1, -0.05) is 25.1 Å². The molecule has 2 atom stereocenters. The third kappa shape index (κ3) is 3.47. The molecule has 1 heterocycles. The fourth-order valence-electron chi connectivity index (χ4n) is 2.48. The molecule has 0 radical (unpaired) electrons. The molecule has 0 aromatic heterocycles. The molecule has 0 aliphatic carbocycles. The smallest absolute Gasteiger partial charge is 0.222 e. The number of carbonyl (C=O) groups excluding carboxylic acids is 1. The van der Waals surface area contributed by atoms with Gasteiger partial charge >= 0.3 is 0 Å². The van der Waals surface area contributed by atoms with Gasteiger partial charge < -0.3 is 15.1 Å². The summed E-state index contributed by atoms with van der Waals surface area (Å²) in [6.45, 7) is 3.22. The van der Waals surface area contributed by atoms with Gasteiger partial charge in [0, 0.05) is 19.5 Å². The summed E-state index contributed by atoms with van der Waals surface area (Å²) in [7, 11) is 0. The van der Waals surface area contributed by atoms with Crippen LogP contribution in [-0.4, -0.2) is 40.2 Å². The average Bonchev–Trinajstić information content (AvgIpc) is 2.40. The Balaban J connectivity index is 1.87. The molecule has 1 fully saturated rings. The fourth-order valence-corrected chi connectivity index (χ4v) is 2.48. The minimum atomic E-state index is -0.290. The number of rotatable bonds is 3. The standard InChI is InChI=1S/C15H21NO3/c1-11-10-16(9-8-13(11)17)15(19)7-6-12-4-2-3-5-14(12)18/h2-5,11,13,17-18H,6-10H2,1H3. The van der Waals surface area contributed by atoms with Crippen LogP contribution in [0.25, 0.3) is 0 Å². The van der Waals surface area contributed by atoms with Crippen molar-refractivity contribution in [3.63, 3.8) is 0 Å². The van der Waals surface area contributed by atoms with Crippen LogP contribution in [0.2, 0.25) is 0 Å². The fraction of sp³-hybridized carbons (Fsp3) is 0.533. The molecular formula is C15H21NO3. The van der Waals surface area contributed by atoms with Crippen molar-refractivity contribution >= 4 is 5.91 Å². The van der Waals surface area contributed by atoms with Gasteiger partial charge in [-0.3, -0.25) is 4.79 Å². The van der Waals surface area contributed by atoms with E-state index < -0.39 is 0 Å². The number of aliphatic hydroxyl groups is 1. The van der Waals surface area contributed by atoms with E-state index in [0.717, 1.165) is 5.56 Å². The molecule has 4 nitrogen and oxygen atoms in total. The summed E-state index contributed by atoms with van der Waals surface area (Å²) in [5.41, 5.74) is 0.806. The molecule has 2 N–H and O–H groups in total. The Morgan fingerprint density at radius 2 is 2.16 bits per heavy atom. The predicted octanol–water partition coefficient (Wildman–Crippen LogP) is 1.55. The van der Waals surface area contributed by atoms with Crippen molar-refractivity contribution in [3.8, 4) is 5.75 Å². The van der Waals surface area contributed by atoms with Gasteiger partial charge in [0.05, 0.1) is 6.10 Å². The lowest BCUT2D eigenvalue weighted by Gasteiger charge is -2.34. The monoisotopic (exact) mass is 263 g/mol. The maximum atomic E-state index is 12.1. The molecular weight excluding hydrogens is 242 g/mol. The number of hydrogen-bond acceptors (Lipinski definition) is 3. The van der Waals surface area contributed by atoms with E-state index in [-0.39, 0.29) is 23.7 Å². The van der Waals surface area contributed by atoms with E-state index in [2.05, 4.69) is 0 Å². The van der Waals surface area contributed by atoms with Crippen molar-refractivity contribution in [2.75, 3.05) is 13.1 Å². The third-order valence-corrected chi connectivity index (χ3v) is 3.81. The minimum Gasteiger partial charge on any atom is -0.508 e. The van der Waals surface area contributed by atoms with Gasteiger partial charge in [0.2, 0.25) is 5.91 Å². The molecule has 2 rings (SSSR count). The number of amides is 1. The minimum absolute atomic E-state index is 0.0991. The highest BCUT2D eigenvalue weighted by Crippen LogP contribution is 2.20. The number of para-hydroxylation sites is 1. The van der Waals surface area contributed by atoms with Gasteiger partial charge in [-0.15, -0.1) is 0 Å². The van der Waals surface area contributed by atoms with Crippen LogP contribution in [0.1, 0.15) is 25.3 Å². The van der Waals surface area contributed by atoms with Gasteiger partial charge in [-0.05, 0) is 30.4 Å². The van der Waals surface area contributed by atoms with Crippen molar-refractivity contribution in [1.29, 1.82) is 0 Å². The third-order valence-electron chi connectivity index (χ3n) is 3.81. The number of aromatic hydroxyl groups is 1. The second kappa shape index (κ2) is 6.06. The molecule has 1 aromatic carbocycles. The highest BCUT2D eigenvalue weighted by Gasteiger charge is 2.26. The van der Waals surface area contributed by atoms with Gasteiger partial charge in [-0.25, -0.2) is 0 Å². The van der Waals surface area contributed by atoms with E-state index in [1.54, 1.807) is 12.1 Å². The highest BCUT2D eigenvalue weighted by atomic mass is 16.3. The van der Waals surface area contributed by atoms with Gasteiger partial charge in [0.25, 0.3) is 0 Å². The summed E-state index contributed by atoms with van der Waals surface area (Å²) in [5.74, 6) is 0.488. The first-order chi connectivity index (χ1) is 9.08. The van der Waals surface area contributed by atoms with Crippen LogP contribution >= 0.6 is 0 Å². The topological polar surface area (TPSA) is 60.8 Å². The molecule has 1 saturated heterocycles. The summed E-state index contributed by atoms with van der Waals surface area (Å²) in [5, 5.41) is 19.3. The van der Waals surface area contributed by atoms with Crippen molar-refractivity contribution in [1.82, 2.24) is 4.90 Å². The van der Waals surface area contributed by atoms with Crippen molar-refractivity contribution in [3.05, 3.63) is 29.8 Å². The second-order valence-electron chi connectivity index (χ2n) is 5.30. The number of likely N-dealkylation sites (tertiary alicyclic amines) is 1. The Labute approximate surface area is 113 Å². The van der Waals surface area contributed by atoms with E-state index in [0.29, 0.717) is 32.4 Å². The number of aliphatic hydroxyl groups excluding tert-OH is 1. The molecule has 2 unspecified atom stereocenters. The van der Waals surface area contributed by atoms with Crippen LogP contribution in [0.15, 0.2) is 24.3 Å². The summed E-state index contributed by atoms with van der Waals surface area (Å²) < 4.78 is 0. The van der Waals surface area contributed by atoms with Crippen LogP contribution in [0, 0.1) is 5.92 Å². The Hall–Kier alpha value is -1.55. The molecule has 0 saturated carbocycles. The molecule has 1 aromatic rings. The largest absolute Gasteiger partial charge is 0.508 e. The molecule has 1 aliphatic rings. The highest BCUT2D eigenvalue weighted by molar-refractivity contribution is 5.76. The van der Waals surface area contributed by atoms with E-state index in [1.165, 1.54) is 0 Å². The molecule has 1 amide bonds. The van der Waals surface area contributed by atoms with Crippen LogP contribution in [0.3, 0.4) is 0 Å². The number of benzene rings is 1. The van der Waals surface area contributed by atoms with Gasteiger partial charge in [0.1, 0.15) is 5.75 Å². The summed E-state index contributed by atoms with van der Waals surface area (Å²) in [6.07, 6.45) is 1.32. The Morgan fingerprint density at radius 3 is 2.84 bits per heavy atom. The van der Waals surface area contributed by atoms with E-state index in [9.17, 15) is 15.0 Å². The lowest BCUT2D eigenvalue weighted by atomic mass is 9.96. The predicted molar refractivity (Wildman–Crippen MR) is 72.8 cm³/mol. The molecule has 104 valence electrons. The van der Waals surface area contributed by atoms with Crippen LogP contribution in [0.4, 0.5) is 0 Å². The first kappa shape index (κ1) is 13.9. The number of hydrogen-bond donors (Lipinski definition) is 2. The quantitative estimate of drug-likeness (QED) is 0.870. The molecule has 4 heteroatoms. The van der Waals surface area contributed by atoms with Crippen LogP contribution < -0.4 is 0 Å². The normalized spacial score (nSPS) is 23.4. The summed E-state index contributed by atoms with van der Waals surface area (Å²) in [6, 6.07) is 7.11. The number of phenols is 1. The SMILES string of the molecule is CC1CN(C(=O)CCc2ccccc2O)CCC1O. The number of aryl methyl sites for hydroxylation is 1. The summed E-state index contributed by atoms with van der Waals surface area (Å²) >= 11 is 0. The Morgan fingerprint density at radius 1 is 1.42 bits per heavy atom. The van der Waals surface area contributed by atoms with E-state index >= 15 is 0 Å². The zero-order chi connectivity index (χ0) is 13.8. The Kier molecular flexibility index (Phi) is 4.43. The summed E-state index contributed by atoms with van der Waals surface area (Å²) in [4.78, 5) is 13.9. The molecule has 0 spiro atoms. The lowest BCUT2D eigenvalue weighted by molar-refractivity contribution is -0.134. The number of phenolic OH excluding ortho intramolecular Hbond substituents is 1. The van der Waals surface area contributed by atoms with Crippen molar-refractivity contribution in [2.24, 2.45) is 5.92 Å². The van der Waals surface area contributed by atoms with Crippen LogP contribution in [-0.2, 0) is 11.2 Å². The average molecular weight is 263 g/mol. The number of carbonyl (C=O) groups is 1. The van der Waals surface area contributed by atoms with Crippen LogP contribution in [0.5, 0.6) is 5.75 Å². The van der Waals surface area contributed by atoms with E-state index in [1.807, 2.05) is 24.0 Å². The second-order valence-corrected chi connectivity index (χ2v) is 5.30. The van der Waals surface area contributed by atoms with Gasteiger partial charge in [0.15, 0.2) is 0 Å². The molecule has 1 aliphatic heterocycles. The molecule has 19 heavy (non-hydrogen) atoms.